The van der Waals surface area contributed by atoms with Gasteiger partial charge in [-0.3, -0.25) is 13.9 Å². The molecular weight excluding hydrogens is 603 g/mol. The topological polar surface area (TPSA) is 225 Å². The van der Waals surface area contributed by atoms with Gasteiger partial charge >= 0.3 is 32.3 Å². The van der Waals surface area contributed by atoms with Crippen LogP contribution in [0.15, 0.2) is 41.8 Å². The summed E-state index contributed by atoms with van der Waals surface area (Å²) in [6, 6.07) is 2.37. The molecule has 16 nitrogen and oxygen atoms in total. The van der Waals surface area contributed by atoms with Crippen LogP contribution in [0.4, 0.5) is 14.9 Å². The lowest BCUT2D eigenvalue weighted by Gasteiger charge is -2.39. The lowest BCUT2D eigenvalue weighted by Crippen LogP contribution is -2.51. The van der Waals surface area contributed by atoms with Crippen LogP contribution in [0.1, 0.15) is 29.2 Å². The van der Waals surface area contributed by atoms with Crippen LogP contribution in [0, 0.1) is 5.82 Å². The highest BCUT2D eigenvalue weighted by Gasteiger charge is 2.65. The van der Waals surface area contributed by atoms with Gasteiger partial charge < -0.3 is 48.4 Å². The minimum absolute atomic E-state index is 0.0151. The molecule has 1 saturated carbocycles. The molecule has 0 radical (unpaired) electrons. The minimum Gasteiger partial charge on any atom is -0.477 e. The fourth-order valence-electron chi connectivity index (χ4n) is 4.87. The molecule has 1 saturated heterocycles. The predicted molar refractivity (Wildman–Crippen MR) is 143 cm³/mol. The fraction of sp³-hybridized carbons (Fsp3) is 0.391. The molecule has 2 aliphatic rings. The first-order valence-corrected chi connectivity index (χ1v) is 15.8. The molecule has 1 amide bonds. The number of hydrogen-bond donors (Lipinski definition) is 5. The number of aromatic nitrogens is 3. The first-order valence-electron chi connectivity index (χ1n) is 12.5. The summed E-state index contributed by atoms with van der Waals surface area (Å²) in [5, 5.41) is 5.81. The van der Waals surface area contributed by atoms with Crippen molar-refractivity contribution in [3.8, 4) is 0 Å². The van der Waals surface area contributed by atoms with Crippen LogP contribution >= 0.6 is 15.2 Å². The van der Waals surface area contributed by atoms with Gasteiger partial charge in [0, 0.05) is 56.2 Å². The number of halogens is 1. The number of anilines is 1. The van der Waals surface area contributed by atoms with Gasteiger partial charge in [-0.1, -0.05) is 0 Å². The number of carbonyl (C=O) groups is 2. The van der Waals surface area contributed by atoms with E-state index in [4.69, 9.17) is 4.74 Å². The molecule has 1 aliphatic heterocycles. The summed E-state index contributed by atoms with van der Waals surface area (Å²) in [7, 11) is -11.6. The standard InChI is InChI=1S/C23H26FN5O11P2/c24-17-9-15-18(29(14-1-2-14)11-16(20(15)30)21(31)32)10-19(17)27-5-7-28(8-6-27)22(33)40-23(41(34,35)36,42(37,38)39)12-26-4-3-25-13-26/h3-4,9-11,13-14H,1-2,5-8,12H2,(H,31,32)(H2,34,35,36)(H2,37,38,39). The van der Waals surface area contributed by atoms with Crippen molar-refractivity contribution in [2.45, 2.75) is 30.5 Å². The highest BCUT2D eigenvalue weighted by molar-refractivity contribution is 7.72. The molecular formula is C23H26FN5O11P2. The van der Waals surface area contributed by atoms with E-state index in [1.807, 2.05) is 0 Å². The number of imidazole rings is 1. The van der Waals surface area contributed by atoms with Gasteiger partial charge in [0.15, 0.2) is 0 Å². The maximum absolute atomic E-state index is 15.3. The first kappa shape index (κ1) is 29.9. The number of rotatable bonds is 8. The molecule has 0 spiro atoms. The summed E-state index contributed by atoms with van der Waals surface area (Å²) in [5.41, 5.74) is -0.865. The third kappa shape index (κ3) is 5.35. The van der Waals surface area contributed by atoms with E-state index in [0.29, 0.717) is 5.52 Å². The number of carboxylic acid groups (broad SMARTS) is 1. The number of pyridine rings is 1. The SMILES string of the molecule is O=C(O)c1cn(C2CC2)c2cc(N3CCN(C(=O)OC(Cn4ccnc4)(P(=O)(O)O)P(=O)(O)O)CC3)c(F)cc2c1=O. The smallest absolute Gasteiger partial charge is 0.411 e. The van der Waals surface area contributed by atoms with Gasteiger partial charge in [-0.15, -0.1) is 0 Å². The van der Waals surface area contributed by atoms with Gasteiger partial charge in [0.1, 0.15) is 11.4 Å². The third-order valence-electron chi connectivity index (χ3n) is 7.26. The average Bonchev–Trinajstić information content (AvgIpc) is 3.62. The Kier molecular flexibility index (Phi) is 7.54. The molecule has 42 heavy (non-hydrogen) atoms. The van der Waals surface area contributed by atoms with Crippen LogP contribution in [0.3, 0.4) is 0 Å². The van der Waals surface area contributed by atoms with Crippen molar-refractivity contribution in [1.29, 1.82) is 0 Å². The second-order valence-electron chi connectivity index (χ2n) is 10.0. The number of piperazine rings is 1. The Morgan fingerprint density at radius 1 is 1.07 bits per heavy atom. The highest BCUT2D eigenvalue weighted by atomic mass is 31.2. The van der Waals surface area contributed by atoms with E-state index < -0.39 is 55.7 Å². The average molecular weight is 629 g/mol. The van der Waals surface area contributed by atoms with E-state index in [2.05, 4.69) is 4.98 Å². The largest absolute Gasteiger partial charge is 0.477 e. The van der Waals surface area contributed by atoms with Crippen LogP contribution in [0.25, 0.3) is 10.9 Å². The van der Waals surface area contributed by atoms with Crippen molar-refractivity contribution < 1.29 is 52.5 Å². The van der Waals surface area contributed by atoms with Crippen molar-refractivity contribution in [2.24, 2.45) is 0 Å². The molecule has 3 heterocycles. The first-order chi connectivity index (χ1) is 19.6. The van der Waals surface area contributed by atoms with Gasteiger partial charge in [0.25, 0.3) is 0 Å². The summed E-state index contributed by atoms with van der Waals surface area (Å²) >= 11 is 0. The highest BCUT2D eigenvalue weighted by Crippen LogP contribution is 2.70. The van der Waals surface area contributed by atoms with E-state index in [-0.39, 0.29) is 43.3 Å². The maximum atomic E-state index is 15.3. The number of carboxylic acids is 1. The van der Waals surface area contributed by atoms with Crippen molar-refractivity contribution in [3.63, 3.8) is 0 Å². The molecule has 5 rings (SSSR count). The molecule has 0 bridgehead atoms. The number of nitrogens with zero attached hydrogens (tertiary/aromatic N) is 5. The van der Waals surface area contributed by atoms with Gasteiger partial charge in [-0.2, -0.15) is 0 Å². The zero-order valence-electron chi connectivity index (χ0n) is 21.7. The quantitative estimate of drug-likeness (QED) is 0.222. The van der Waals surface area contributed by atoms with Crippen molar-refractivity contribution in [3.05, 3.63) is 58.7 Å². The number of fused-ring (bicyclic) bond motifs is 1. The zero-order chi connectivity index (χ0) is 30.6. The molecule has 226 valence electrons. The number of aromatic carboxylic acids is 1. The van der Waals surface area contributed by atoms with Gasteiger partial charge in [-0.05, 0) is 25.0 Å². The van der Waals surface area contributed by atoms with Crippen molar-refractivity contribution in [2.75, 3.05) is 31.1 Å². The van der Waals surface area contributed by atoms with Gasteiger partial charge in [0.2, 0.25) is 5.43 Å². The molecule has 1 aliphatic carbocycles. The predicted octanol–water partition coefficient (Wildman–Crippen LogP) is 1.34. The van der Waals surface area contributed by atoms with Gasteiger partial charge in [0.05, 0.1) is 24.1 Å². The van der Waals surface area contributed by atoms with Crippen LogP contribution < -0.4 is 10.3 Å². The Hall–Kier alpha value is -3.59. The summed E-state index contributed by atoms with van der Waals surface area (Å²) < 4.78 is 47.5. The second-order valence-corrected chi connectivity index (χ2v) is 14.0. The van der Waals surface area contributed by atoms with Gasteiger partial charge in [-0.25, -0.2) is 19.0 Å². The number of carbonyl (C=O) groups excluding carboxylic acids is 1. The molecule has 0 atom stereocenters. The van der Waals surface area contributed by atoms with Crippen molar-refractivity contribution >= 4 is 43.8 Å². The van der Waals surface area contributed by atoms with E-state index in [0.717, 1.165) is 34.7 Å². The van der Waals surface area contributed by atoms with E-state index in [1.54, 1.807) is 9.47 Å². The van der Waals surface area contributed by atoms with Crippen molar-refractivity contribution in [1.82, 2.24) is 19.0 Å². The second kappa shape index (κ2) is 10.6. The monoisotopic (exact) mass is 629 g/mol. The lowest BCUT2D eigenvalue weighted by molar-refractivity contribution is 0.0413. The lowest BCUT2D eigenvalue weighted by atomic mass is 10.1. The maximum Gasteiger partial charge on any atom is 0.411 e. The van der Waals surface area contributed by atoms with E-state index >= 15 is 4.39 Å². The van der Waals surface area contributed by atoms with E-state index in [9.17, 15) is 48.2 Å². The Morgan fingerprint density at radius 3 is 2.24 bits per heavy atom. The number of benzene rings is 1. The molecule has 2 fully saturated rings. The molecule has 3 aromatic rings. The summed E-state index contributed by atoms with van der Waals surface area (Å²) in [6.45, 7) is -1.46. The Morgan fingerprint density at radius 2 is 1.71 bits per heavy atom. The molecule has 2 aromatic heterocycles. The Labute approximate surface area is 235 Å². The fourth-order valence-corrected chi connectivity index (χ4v) is 7.31. The summed E-state index contributed by atoms with van der Waals surface area (Å²) in [6.07, 6.45) is 4.78. The Balaban J connectivity index is 1.39. The molecule has 0 unspecified atom stereocenters. The van der Waals surface area contributed by atoms with Crippen LogP contribution in [-0.2, 0) is 20.4 Å². The minimum atomic E-state index is -5.79. The number of ether oxygens (including phenoxy) is 1. The van der Waals surface area contributed by atoms with Crippen LogP contribution in [0.2, 0.25) is 0 Å². The summed E-state index contributed by atoms with van der Waals surface area (Å²) in [4.78, 5) is 83.2. The third-order valence-corrected chi connectivity index (χ3v) is 11.1. The Bertz CT molecular complexity index is 1680. The van der Waals surface area contributed by atoms with Crippen LogP contribution in [0.5, 0.6) is 0 Å². The van der Waals surface area contributed by atoms with Crippen LogP contribution in [-0.4, -0.2) is 87.0 Å². The normalized spacial score (nSPS) is 16.6. The van der Waals surface area contributed by atoms with E-state index in [1.165, 1.54) is 24.7 Å². The molecule has 1 aromatic carbocycles. The zero-order valence-corrected chi connectivity index (χ0v) is 23.5. The number of amides is 1. The summed E-state index contributed by atoms with van der Waals surface area (Å²) in [5.74, 6) is -2.22. The number of hydrogen-bond acceptors (Lipinski definition) is 8. The molecule has 19 heteroatoms. The molecule has 5 N–H and O–H groups in total.